The van der Waals surface area contributed by atoms with E-state index in [1.54, 1.807) is 0 Å². The largest absolute Gasteiger partial charge is 0.393 e. The smallest absolute Gasteiger partial charge is 0.0773 e. The van der Waals surface area contributed by atoms with Gasteiger partial charge < -0.3 is 11.1 Å². The van der Waals surface area contributed by atoms with Crippen LogP contribution in [-0.4, -0.2) is 11.5 Å². The summed E-state index contributed by atoms with van der Waals surface area (Å²) in [4.78, 5) is 0.553. The van der Waals surface area contributed by atoms with Crippen molar-refractivity contribution in [1.82, 2.24) is 0 Å². The van der Waals surface area contributed by atoms with Crippen LogP contribution in [0.5, 0.6) is 0 Å². The van der Waals surface area contributed by atoms with E-state index >= 15 is 0 Å². The highest BCUT2D eigenvalue weighted by molar-refractivity contribution is 9.10. The fourth-order valence-corrected chi connectivity index (χ4v) is 1.75. The molecule has 0 aromatic heterocycles. The number of hydrogen-bond donors (Lipinski definition) is 2. The number of halogens is 1. The van der Waals surface area contributed by atoms with Crippen molar-refractivity contribution in [1.29, 1.82) is 0 Å². The third-order valence-corrected chi connectivity index (χ3v) is 3.17. The zero-order valence-corrected chi connectivity index (χ0v) is 11.3. The van der Waals surface area contributed by atoms with Crippen LogP contribution in [0.3, 0.4) is 0 Å². The summed E-state index contributed by atoms with van der Waals surface area (Å²) in [6.45, 7) is 4.86. The molecule has 0 radical (unpaired) electrons. The molecule has 4 heteroatoms. The third kappa shape index (κ3) is 3.80. The van der Waals surface area contributed by atoms with Gasteiger partial charge in [0.2, 0.25) is 0 Å². The van der Waals surface area contributed by atoms with Crippen molar-refractivity contribution < 1.29 is 0 Å². The van der Waals surface area contributed by atoms with Crippen LogP contribution in [0.4, 0.5) is 5.69 Å². The van der Waals surface area contributed by atoms with Gasteiger partial charge in [0, 0.05) is 22.6 Å². The number of anilines is 1. The highest BCUT2D eigenvalue weighted by Gasteiger charge is 2.05. The molecule has 0 aliphatic carbocycles. The first-order valence-corrected chi connectivity index (χ1v) is 6.00. The summed E-state index contributed by atoms with van der Waals surface area (Å²) in [5, 5.41) is 3.33. The van der Waals surface area contributed by atoms with Crippen molar-refractivity contribution in [2.75, 3.05) is 11.9 Å². The lowest BCUT2D eigenvalue weighted by atomic mass is 10.1. The molecule has 0 bridgehead atoms. The summed E-state index contributed by atoms with van der Waals surface area (Å²) < 4.78 is 1.09. The molecule has 0 saturated carbocycles. The van der Waals surface area contributed by atoms with Crippen molar-refractivity contribution in [2.45, 2.75) is 13.8 Å². The minimum atomic E-state index is 0.211. The molecule has 1 rings (SSSR count). The van der Waals surface area contributed by atoms with E-state index in [4.69, 9.17) is 18.0 Å². The number of aryl methyl sites for hydroxylation is 1. The Morgan fingerprint density at radius 3 is 2.80 bits per heavy atom. The van der Waals surface area contributed by atoms with E-state index in [0.717, 1.165) is 16.7 Å². The molecular weight excluding hydrogens is 272 g/mol. The maximum atomic E-state index is 5.55. The Balaban J connectivity index is 2.62. The van der Waals surface area contributed by atoms with Crippen molar-refractivity contribution in [3.05, 3.63) is 28.2 Å². The van der Waals surface area contributed by atoms with Crippen molar-refractivity contribution in [2.24, 2.45) is 11.7 Å². The Morgan fingerprint density at radius 2 is 2.27 bits per heavy atom. The molecule has 1 aromatic rings. The SMILES string of the molecule is Cc1cc(Br)ccc1NCC(C)C(N)=S. The third-order valence-electron chi connectivity index (χ3n) is 2.27. The normalized spacial score (nSPS) is 12.2. The van der Waals surface area contributed by atoms with Gasteiger partial charge in [-0.05, 0) is 30.7 Å². The van der Waals surface area contributed by atoms with Gasteiger partial charge in [0.05, 0.1) is 4.99 Å². The number of benzene rings is 1. The van der Waals surface area contributed by atoms with Crippen LogP contribution in [0, 0.1) is 12.8 Å². The van der Waals surface area contributed by atoms with Crippen molar-refractivity contribution in [3.63, 3.8) is 0 Å². The van der Waals surface area contributed by atoms with Crippen LogP contribution in [0.25, 0.3) is 0 Å². The minimum absolute atomic E-state index is 0.211. The van der Waals surface area contributed by atoms with Gasteiger partial charge in [0.25, 0.3) is 0 Å². The van der Waals surface area contributed by atoms with Gasteiger partial charge in [-0.2, -0.15) is 0 Å². The minimum Gasteiger partial charge on any atom is -0.393 e. The van der Waals surface area contributed by atoms with E-state index in [1.807, 2.05) is 19.1 Å². The van der Waals surface area contributed by atoms with Gasteiger partial charge in [0.1, 0.15) is 0 Å². The van der Waals surface area contributed by atoms with Crippen LogP contribution in [0.15, 0.2) is 22.7 Å². The van der Waals surface area contributed by atoms with Gasteiger partial charge >= 0.3 is 0 Å². The number of nitrogens with two attached hydrogens (primary N) is 1. The number of thiocarbonyl (C=S) groups is 1. The summed E-state index contributed by atoms with van der Waals surface area (Å²) >= 11 is 8.35. The fraction of sp³-hybridized carbons (Fsp3) is 0.364. The summed E-state index contributed by atoms with van der Waals surface area (Å²) in [7, 11) is 0. The van der Waals surface area contributed by atoms with Gasteiger partial charge in [0.15, 0.2) is 0 Å². The molecule has 0 spiro atoms. The average molecular weight is 287 g/mol. The van der Waals surface area contributed by atoms with Gasteiger partial charge in [-0.3, -0.25) is 0 Å². The average Bonchev–Trinajstić information content (AvgIpc) is 2.15. The maximum Gasteiger partial charge on any atom is 0.0773 e. The van der Waals surface area contributed by atoms with Crippen molar-refractivity contribution in [3.8, 4) is 0 Å². The summed E-state index contributed by atoms with van der Waals surface area (Å²) in [6, 6.07) is 6.14. The summed E-state index contributed by atoms with van der Waals surface area (Å²) in [6.07, 6.45) is 0. The molecular formula is C11H15BrN2S. The highest BCUT2D eigenvalue weighted by atomic mass is 79.9. The number of rotatable bonds is 4. The Bertz CT molecular complexity index is 366. The van der Waals surface area contributed by atoms with Crippen LogP contribution < -0.4 is 11.1 Å². The number of nitrogens with one attached hydrogen (secondary N) is 1. The lowest BCUT2D eigenvalue weighted by Crippen LogP contribution is -2.25. The molecule has 0 aliphatic rings. The quantitative estimate of drug-likeness (QED) is 0.836. The molecule has 1 unspecified atom stereocenters. The molecule has 15 heavy (non-hydrogen) atoms. The summed E-state index contributed by atoms with van der Waals surface area (Å²) in [5.74, 6) is 0.211. The van der Waals surface area contributed by atoms with E-state index in [0.29, 0.717) is 4.99 Å². The highest BCUT2D eigenvalue weighted by Crippen LogP contribution is 2.20. The monoisotopic (exact) mass is 286 g/mol. The topological polar surface area (TPSA) is 38.0 Å². The predicted octanol–water partition coefficient (Wildman–Crippen LogP) is 3.09. The van der Waals surface area contributed by atoms with Crippen LogP contribution in [0.1, 0.15) is 12.5 Å². The Kier molecular flexibility index (Phi) is 4.54. The van der Waals surface area contributed by atoms with Gasteiger partial charge in [-0.1, -0.05) is 35.1 Å². The van der Waals surface area contributed by atoms with E-state index in [-0.39, 0.29) is 5.92 Å². The predicted molar refractivity (Wildman–Crippen MR) is 73.3 cm³/mol. The first-order valence-electron chi connectivity index (χ1n) is 4.80. The molecule has 0 saturated heterocycles. The molecule has 0 amide bonds. The molecule has 1 atom stereocenters. The standard InChI is InChI=1S/C11H15BrN2S/c1-7-5-9(12)3-4-10(7)14-6-8(2)11(13)15/h3-5,8,14H,6H2,1-2H3,(H2,13,15). The molecule has 2 nitrogen and oxygen atoms in total. The van der Waals surface area contributed by atoms with E-state index in [2.05, 4.69) is 34.2 Å². The van der Waals surface area contributed by atoms with Gasteiger partial charge in [-0.25, -0.2) is 0 Å². The second kappa shape index (κ2) is 5.47. The molecule has 0 heterocycles. The number of hydrogen-bond acceptors (Lipinski definition) is 2. The van der Waals surface area contributed by atoms with Crippen LogP contribution in [-0.2, 0) is 0 Å². The van der Waals surface area contributed by atoms with Crippen LogP contribution in [0.2, 0.25) is 0 Å². The van der Waals surface area contributed by atoms with E-state index in [1.165, 1.54) is 5.56 Å². The molecule has 82 valence electrons. The molecule has 1 aromatic carbocycles. The lowest BCUT2D eigenvalue weighted by Gasteiger charge is -2.14. The Hall–Kier alpha value is -0.610. The van der Waals surface area contributed by atoms with Gasteiger partial charge in [-0.15, -0.1) is 0 Å². The molecule has 0 aliphatic heterocycles. The van der Waals surface area contributed by atoms with Crippen LogP contribution >= 0.6 is 28.1 Å². The second-order valence-electron chi connectivity index (χ2n) is 3.64. The summed E-state index contributed by atoms with van der Waals surface area (Å²) in [5.41, 5.74) is 7.88. The first kappa shape index (κ1) is 12.5. The van der Waals surface area contributed by atoms with E-state index < -0.39 is 0 Å². The zero-order chi connectivity index (χ0) is 11.4. The Morgan fingerprint density at radius 1 is 1.60 bits per heavy atom. The van der Waals surface area contributed by atoms with Crippen molar-refractivity contribution >= 4 is 38.8 Å². The Labute approximate surface area is 104 Å². The zero-order valence-electron chi connectivity index (χ0n) is 8.88. The fourth-order valence-electron chi connectivity index (χ4n) is 1.19. The lowest BCUT2D eigenvalue weighted by molar-refractivity contribution is 0.820. The first-order chi connectivity index (χ1) is 7.00. The van der Waals surface area contributed by atoms with E-state index in [9.17, 15) is 0 Å². The second-order valence-corrected chi connectivity index (χ2v) is 5.03. The molecule has 3 N–H and O–H groups in total. The maximum absolute atomic E-state index is 5.55. The molecule has 0 fully saturated rings.